The van der Waals surface area contributed by atoms with Crippen LogP contribution in [0.1, 0.15) is 55.3 Å². The summed E-state index contributed by atoms with van der Waals surface area (Å²) in [5.74, 6) is 0.516. The van der Waals surface area contributed by atoms with Crippen molar-refractivity contribution in [3.8, 4) is 0 Å². The third-order valence-corrected chi connectivity index (χ3v) is 5.99. The third kappa shape index (κ3) is 4.83. The molecular weight excluding hydrogens is 356 g/mol. The molecule has 0 bridgehead atoms. The largest absolute Gasteiger partial charge is 0.459 e. The molecule has 152 valence electrons. The summed E-state index contributed by atoms with van der Waals surface area (Å²) in [5, 5.41) is 2.89. The molecule has 2 unspecified atom stereocenters. The third-order valence-electron chi connectivity index (χ3n) is 5.99. The Morgan fingerprint density at radius 2 is 1.82 bits per heavy atom. The number of hydrogen-bond donors (Lipinski definition) is 3. The summed E-state index contributed by atoms with van der Waals surface area (Å²) in [7, 11) is 1.80. The quantitative estimate of drug-likeness (QED) is 0.655. The molecule has 2 amide bonds. The molecule has 1 saturated heterocycles. The number of amides is 2. The van der Waals surface area contributed by atoms with E-state index in [1.54, 1.807) is 36.2 Å². The van der Waals surface area contributed by atoms with E-state index in [1.165, 1.54) is 12.8 Å². The maximum Gasteiger partial charge on any atom is 0.338 e. The highest BCUT2D eigenvalue weighted by molar-refractivity contribution is 5.92. The second kappa shape index (κ2) is 8.49. The van der Waals surface area contributed by atoms with Crippen molar-refractivity contribution in [3.05, 3.63) is 29.8 Å². The number of benzene rings is 1. The number of rotatable bonds is 6. The van der Waals surface area contributed by atoms with Crippen LogP contribution in [-0.2, 0) is 4.74 Å². The van der Waals surface area contributed by atoms with Gasteiger partial charge in [-0.05, 0) is 75.1 Å². The Morgan fingerprint density at radius 3 is 2.50 bits per heavy atom. The van der Waals surface area contributed by atoms with Gasteiger partial charge in [-0.1, -0.05) is 0 Å². The maximum atomic E-state index is 12.5. The highest BCUT2D eigenvalue weighted by Gasteiger charge is 2.36. The minimum absolute atomic E-state index is 0.0544. The fourth-order valence-electron chi connectivity index (χ4n) is 4.13. The lowest BCUT2D eigenvalue weighted by Crippen LogP contribution is -2.43. The Balaban J connectivity index is 1.23. The molecule has 0 spiro atoms. The molecule has 3 aliphatic rings. The van der Waals surface area contributed by atoms with Crippen LogP contribution >= 0.6 is 0 Å². The van der Waals surface area contributed by atoms with E-state index in [2.05, 4.69) is 16.2 Å². The van der Waals surface area contributed by atoms with Crippen LogP contribution in [0.3, 0.4) is 0 Å². The number of nitrogens with zero attached hydrogens (tertiary/aromatic N) is 1. The Bertz CT molecular complexity index is 698. The molecule has 1 aromatic rings. The van der Waals surface area contributed by atoms with E-state index in [0.29, 0.717) is 23.8 Å². The highest BCUT2D eigenvalue weighted by Crippen LogP contribution is 2.35. The summed E-state index contributed by atoms with van der Waals surface area (Å²) in [6.07, 6.45) is 7.91. The first-order chi connectivity index (χ1) is 13.6. The van der Waals surface area contributed by atoms with Gasteiger partial charge < -0.3 is 15.0 Å². The van der Waals surface area contributed by atoms with Gasteiger partial charge in [-0.25, -0.2) is 9.59 Å². The highest BCUT2D eigenvalue weighted by atomic mass is 16.5. The maximum absolute atomic E-state index is 12.5. The Labute approximate surface area is 166 Å². The topological polar surface area (TPSA) is 82.7 Å². The molecule has 1 heterocycles. The number of carbonyl (C=O) groups is 2. The first-order valence-electron chi connectivity index (χ1n) is 10.4. The number of carbonyl (C=O) groups excluding carboxylic acids is 2. The number of nitrogens with one attached hydrogen (secondary N) is 3. The molecule has 2 saturated carbocycles. The van der Waals surface area contributed by atoms with Crippen molar-refractivity contribution in [2.24, 2.45) is 5.92 Å². The zero-order valence-electron chi connectivity index (χ0n) is 16.4. The van der Waals surface area contributed by atoms with E-state index < -0.39 is 0 Å². The first kappa shape index (κ1) is 19.2. The van der Waals surface area contributed by atoms with Crippen LogP contribution in [0.2, 0.25) is 0 Å². The van der Waals surface area contributed by atoms with Crippen LogP contribution in [0.5, 0.6) is 0 Å². The van der Waals surface area contributed by atoms with Gasteiger partial charge in [-0.3, -0.25) is 10.9 Å². The number of likely N-dealkylation sites (N-methyl/N-ethyl adjacent to an activating group) is 1. The molecule has 7 nitrogen and oxygen atoms in total. The van der Waals surface area contributed by atoms with Crippen LogP contribution < -0.4 is 16.2 Å². The van der Waals surface area contributed by atoms with E-state index in [1.807, 2.05) is 0 Å². The molecule has 0 aromatic heterocycles. The molecule has 28 heavy (non-hydrogen) atoms. The fourth-order valence-corrected chi connectivity index (χ4v) is 4.13. The Hall–Kier alpha value is -2.12. The zero-order chi connectivity index (χ0) is 19.5. The van der Waals surface area contributed by atoms with Gasteiger partial charge in [0.05, 0.1) is 5.56 Å². The van der Waals surface area contributed by atoms with E-state index in [-0.39, 0.29) is 24.1 Å². The van der Waals surface area contributed by atoms with Crippen molar-refractivity contribution in [1.82, 2.24) is 15.8 Å². The van der Waals surface area contributed by atoms with Crippen molar-refractivity contribution < 1.29 is 14.3 Å². The number of anilines is 1. The van der Waals surface area contributed by atoms with E-state index in [4.69, 9.17) is 4.74 Å². The summed E-state index contributed by atoms with van der Waals surface area (Å²) in [6.45, 7) is 0.647. The molecule has 7 heteroatoms. The van der Waals surface area contributed by atoms with Crippen LogP contribution in [-0.4, -0.2) is 48.7 Å². The van der Waals surface area contributed by atoms with Gasteiger partial charge in [0, 0.05) is 31.4 Å². The van der Waals surface area contributed by atoms with Gasteiger partial charge in [0.1, 0.15) is 6.10 Å². The van der Waals surface area contributed by atoms with Crippen molar-refractivity contribution >= 4 is 17.7 Å². The molecular formula is C21H30N4O3. The summed E-state index contributed by atoms with van der Waals surface area (Å²) in [6, 6.07) is 7.56. The number of esters is 1. The van der Waals surface area contributed by atoms with Crippen LogP contribution in [0.4, 0.5) is 10.5 Å². The smallest absolute Gasteiger partial charge is 0.338 e. The Morgan fingerprint density at radius 1 is 1.11 bits per heavy atom. The van der Waals surface area contributed by atoms with Crippen LogP contribution in [0.15, 0.2) is 24.3 Å². The van der Waals surface area contributed by atoms with Crippen molar-refractivity contribution in [2.75, 3.05) is 18.9 Å². The van der Waals surface area contributed by atoms with Crippen molar-refractivity contribution in [1.29, 1.82) is 0 Å². The normalized spacial score (nSPS) is 24.9. The molecule has 0 radical (unpaired) electrons. The molecule has 4 rings (SSSR count). The number of hydrazine groups is 1. The lowest BCUT2D eigenvalue weighted by Gasteiger charge is -2.21. The monoisotopic (exact) mass is 386 g/mol. The van der Waals surface area contributed by atoms with Gasteiger partial charge in [0.25, 0.3) is 0 Å². The SMILES string of the molecule is CN(CC1CC(C2CC2)NN1)C(=O)Nc1ccc(C(=O)OC2CCCC2)cc1. The van der Waals surface area contributed by atoms with E-state index >= 15 is 0 Å². The van der Waals surface area contributed by atoms with Crippen molar-refractivity contribution in [2.45, 2.75) is 63.1 Å². The lowest BCUT2D eigenvalue weighted by molar-refractivity contribution is 0.0318. The summed E-state index contributed by atoms with van der Waals surface area (Å²) >= 11 is 0. The summed E-state index contributed by atoms with van der Waals surface area (Å²) in [5.41, 5.74) is 7.85. The molecule has 3 fully saturated rings. The number of urea groups is 1. The molecule has 1 aliphatic heterocycles. The first-order valence-corrected chi connectivity index (χ1v) is 10.4. The van der Waals surface area contributed by atoms with Crippen LogP contribution in [0.25, 0.3) is 0 Å². The zero-order valence-corrected chi connectivity index (χ0v) is 16.4. The number of hydrogen-bond acceptors (Lipinski definition) is 5. The average molecular weight is 386 g/mol. The van der Waals surface area contributed by atoms with Gasteiger partial charge in [0.2, 0.25) is 0 Å². The molecule has 1 aromatic carbocycles. The van der Waals surface area contributed by atoms with Crippen molar-refractivity contribution in [3.63, 3.8) is 0 Å². The molecule has 3 N–H and O–H groups in total. The predicted molar refractivity (Wildman–Crippen MR) is 107 cm³/mol. The van der Waals surface area contributed by atoms with E-state index in [9.17, 15) is 9.59 Å². The second-order valence-electron chi connectivity index (χ2n) is 8.37. The predicted octanol–water partition coefficient (Wildman–Crippen LogP) is 2.89. The minimum atomic E-state index is -0.285. The van der Waals surface area contributed by atoms with Gasteiger partial charge in [-0.15, -0.1) is 0 Å². The Kier molecular flexibility index (Phi) is 5.82. The fraction of sp³-hybridized carbons (Fsp3) is 0.619. The molecule has 2 aliphatic carbocycles. The molecule has 2 atom stereocenters. The minimum Gasteiger partial charge on any atom is -0.459 e. The standard InChI is InChI=1S/C21H30N4O3/c1-25(13-17-12-19(24-23-17)14-6-7-14)21(27)22-16-10-8-15(9-11-16)20(26)28-18-4-2-3-5-18/h8-11,14,17-19,23-24H,2-7,12-13H2,1H3,(H,22,27). The van der Waals surface area contributed by atoms with Gasteiger partial charge in [-0.2, -0.15) is 0 Å². The summed E-state index contributed by atoms with van der Waals surface area (Å²) in [4.78, 5) is 26.3. The van der Waals surface area contributed by atoms with Gasteiger partial charge in [0.15, 0.2) is 0 Å². The van der Waals surface area contributed by atoms with E-state index in [0.717, 1.165) is 38.0 Å². The summed E-state index contributed by atoms with van der Waals surface area (Å²) < 4.78 is 5.51. The number of ether oxygens (including phenoxy) is 1. The van der Waals surface area contributed by atoms with Gasteiger partial charge >= 0.3 is 12.0 Å². The average Bonchev–Trinajstić information content (AvgIpc) is 3.21. The lowest BCUT2D eigenvalue weighted by atomic mass is 10.1. The second-order valence-corrected chi connectivity index (χ2v) is 8.37. The van der Waals surface area contributed by atoms with Crippen LogP contribution in [0, 0.1) is 5.92 Å².